The second-order valence-corrected chi connectivity index (χ2v) is 4.48. The first-order chi connectivity index (χ1) is 5.82. The number of aryl methyl sites for hydroxylation is 1. The fourth-order valence-corrected chi connectivity index (χ4v) is 1.98. The molecule has 0 aliphatic carbocycles. The van der Waals surface area contributed by atoms with Crippen LogP contribution in [0.15, 0.2) is 17.0 Å². The monoisotopic (exact) mass is 201 g/mol. The Hall–Kier alpha value is -1.07. The number of rotatable bonds is 1. The number of nitrogens with two attached hydrogens (primary N) is 1. The molecule has 0 atom stereocenters. The summed E-state index contributed by atoms with van der Waals surface area (Å²) in [5.41, 5.74) is 0.945. The van der Waals surface area contributed by atoms with Gasteiger partial charge in [0.05, 0.1) is 4.90 Å². The van der Waals surface area contributed by atoms with Crippen LogP contribution in [0, 0.1) is 13.8 Å². The van der Waals surface area contributed by atoms with E-state index in [2.05, 4.69) is 0 Å². The van der Waals surface area contributed by atoms with Gasteiger partial charge in [-0.15, -0.1) is 0 Å². The van der Waals surface area contributed by atoms with Gasteiger partial charge in [-0.2, -0.15) is 0 Å². The van der Waals surface area contributed by atoms with Crippen molar-refractivity contribution in [1.82, 2.24) is 0 Å². The van der Waals surface area contributed by atoms with E-state index >= 15 is 0 Å². The molecule has 0 saturated carbocycles. The van der Waals surface area contributed by atoms with E-state index in [1.807, 2.05) is 0 Å². The summed E-state index contributed by atoms with van der Waals surface area (Å²) < 4.78 is 22.0. The minimum absolute atomic E-state index is 0.0231. The lowest BCUT2D eigenvalue weighted by atomic mass is 10.1. The molecule has 72 valence electrons. The second kappa shape index (κ2) is 3.01. The fraction of sp³-hybridized carbons (Fsp3) is 0.250. The van der Waals surface area contributed by atoms with Crippen LogP contribution in [0.2, 0.25) is 0 Å². The van der Waals surface area contributed by atoms with Crippen molar-refractivity contribution < 1.29 is 13.5 Å². The van der Waals surface area contributed by atoms with Crippen LogP contribution in [0.4, 0.5) is 0 Å². The standard InChI is InChI=1S/C8H11NO3S/c1-5-3-7(10)6(2)8(4-5)13(9,11)12/h3-4,10H,1-2H3,(H2,9,11,12). The van der Waals surface area contributed by atoms with Crippen molar-refractivity contribution >= 4 is 10.0 Å². The summed E-state index contributed by atoms with van der Waals surface area (Å²) in [5.74, 6) is -0.0518. The van der Waals surface area contributed by atoms with Crippen LogP contribution < -0.4 is 5.14 Å². The average molecular weight is 201 g/mol. The van der Waals surface area contributed by atoms with Gasteiger partial charge >= 0.3 is 0 Å². The number of hydrogen-bond acceptors (Lipinski definition) is 3. The Bertz CT molecular complexity index is 437. The first-order valence-electron chi connectivity index (χ1n) is 3.65. The quantitative estimate of drug-likeness (QED) is 0.700. The molecule has 0 heterocycles. The molecule has 3 N–H and O–H groups in total. The van der Waals surface area contributed by atoms with E-state index < -0.39 is 10.0 Å². The maximum absolute atomic E-state index is 11.0. The molecule has 0 aliphatic rings. The molecule has 13 heavy (non-hydrogen) atoms. The van der Waals surface area contributed by atoms with Crippen molar-refractivity contribution in [3.8, 4) is 5.75 Å². The van der Waals surface area contributed by atoms with Gasteiger partial charge in [-0.05, 0) is 31.5 Å². The maximum Gasteiger partial charge on any atom is 0.238 e. The molecule has 0 fully saturated rings. The van der Waals surface area contributed by atoms with Gasteiger partial charge in [-0.25, -0.2) is 13.6 Å². The van der Waals surface area contributed by atoms with Crippen LogP contribution >= 0.6 is 0 Å². The predicted octanol–water partition coefficient (Wildman–Crippen LogP) is 0.656. The van der Waals surface area contributed by atoms with E-state index in [0.29, 0.717) is 5.56 Å². The lowest BCUT2D eigenvalue weighted by Gasteiger charge is -2.06. The first-order valence-corrected chi connectivity index (χ1v) is 5.20. The van der Waals surface area contributed by atoms with E-state index in [1.54, 1.807) is 6.92 Å². The zero-order valence-electron chi connectivity index (χ0n) is 7.40. The lowest BCUT2D eigenvalue weighted by Crippen LogP contribution is -2.13. The third-order valence-corrected chi connectivity index (χ3v) is 2.82. The second-order valence-electron chi connectivity index (χ2n) is 2.95. The van der Waals surface area contributed by atoms with Gasteiger partial charge in [-0.1, -0.05) is 0 Å². The van der Waals surface area contributed by atoms with Crippen molar-refractivity contribution in [2.24, 2.45) is 5.14 Å². The Kier molecular flexibility index (Phi) is 2.32. The van der Waals surface area contributed by atoms with E-state index in [9.17, 15) is 13.5 Å². The number of sulfonamides is 1. The van der Waals surface area contributed by atoms with Crippen LogP contribution in [0.5, 0.6) is 5.75 Å². The van der Waals surface area contributed by atoms with E-state index in [1.165, 1.54) is 19.1 Å². The predicted molar refractivity (Wildman–Crippen MR) is 49.0 cm³/mol. The highest BCUT2D eigenvalue weighted by Gasteiger charge is 2.14. The zero-order valence-corrected chi connectivity index (χ0v) is 8.22. The van der Waals surface area contributed by atoms with Crippen LogP contribution in [-0.2, 0) is 10.0 Å². The Morgan fingerprint density at radius 2 is 1.85 bits per heavy atom. The molecule has 0 aromatic heterocycles. The highest BCUT2D eigenvalue weighted by Crippen LogP contribution is 2.24. The average Bonchev–Trinajstić information content (AvgIpc) is 1.94. The molecule has 0 saturated heterocycles. The molecule has 5 heteroatoms. The molecule has 0 radical (unpaired) electrons. The molecule has 1 rings (SSSR count). The van der Waals surface area contributed by atoms with E-state index in [4.69, 9.17) is 5.14 Å². The smallest absolute Gasteiger partial charge is 0.238 e. The van der Waals surface area contributed by atoms with Gasteiger partial charge in [0, 0.05) is 5.56 Å². The molecule has 0 unspecified atom stereocenters. The summed E-state index contributed by atoms with van der Waals surface area (Å²) in [4.78, 5) is -0.0231. The van der Waals surface area contributed by atoms with Gasteiger partial charge < -0.3 is 5.11 Å². The Balaban J connectivity index is 3.56. The number of primary sulfonamides is 1. The summed E-state index contributed by atoms with van der Waals surface area (Å²) in [7, 11) is -3.74. The fourth-order valence-electron chi connectivity index (χ4n) is 1.10. The highest BCUT2D eigenvalue weighted by molar-refractivity contribution is 7.89. The number of phenols is 1. The SMILES string of the molecule is Cc1cc(O)c(C)c(S(N)(=O)=O)c1. The van der Waals surface area contributed by atoms with Crippen molar-refractivity contribution in [3.05, 3.63) is 23.3 Å². The molecule has 0 spiro atoms. The minimum atomic E-state index is -3.74. The topological polar surface area (TPSA) is 80.4 Å². The minimum Gasteiger partial charge on any atom is -0.508 e. The van der Waals surface area contributed by atoms with Gasteiger partial charge in [0.15, 0.2) is 0 Å². The van der Waals surface area contributed by atoms with Gasteiger partial charge in [-0.3, -0.25) is 0 Å². The van der Waals surface area contributed by atoms with Crippen molar-refractivity contribution in [2.45, 2.75) is 18.7 Å². The van der Waals surface area contributed by atoms with Gasteiger partial charge in [0.25, 0.3) is 0 Å². The Labute approximate surface area is 77.1 Å². The Morgan fingerprint density at radius 1 is 1.31 bits per heavy atom. The molecule has 4 nitrogen and oxygen atoms in total. The summed E-state index contributed by atoms with van der Waals surface area (Å²) in [5, 5.41) is 14.3. The lowest BCUT2D eigenvalue weighted by molar-refractivity contribution is 0.468. The highest BCUT2D eigenvalue weighted by atomic mass is 32.2. The molecule has 1 aromatic rings. The molecule has 0 amide bonds. The Morgan fingerprint density at radius 3 is 2.31 bits per heavy atom. The summed E-state index contributed by atoms with van der Waals surface area (Å²) in [6.45, 7) is 3.20. The largest absolute Gasteiger partial charge is 0.508 e. The molecule has 1 aromatic carbocycles. The van der Waals surface area contributed by atoms with Crippen LogP contribution in [0.3, 0.4) is 0 Å². The zero-order chi connectivity index (χ0) is 10.2. The van der Waals surface area contributed by atoms with E-state index in [0.717, 1.165) is 0 Å². The third-order valence-electron chi connectivity index (χ3n) is 1.78. The van der Waals surface area contributed by atoms with Crippen molar-refractivity contribution in [2.75, 3.05) is 0 Å². The normalized spacial score (nSPS) is 11.6. The third kappa shape index (κ3) is 1.99. The van der Waals surface area contributed by atoms with Crippen molar-refractivity contribution in [3.63, 3.8) is 0 Å². The van der Waals surface area contributed by atoms with Crippen LogP contribution in [-0.4, -0.2) is 13.5 Å². The summed E-state index contributed by atoms with van der Waals surface area (Å²) in [6.07, 6.45) is 0. The van der Waals surface area contributed by atoms with Gasteiger partial charge in [0.1, 0.15) is 5.75 Å². The number of benzene rings is 1. The van der Waals surface area contributed by atoms with Crippen LogP contribution in [0.25, 0.3) is 0 Å². The first kappa shape index (κ1) is 10.0. The number of hydrogen-bond donors (Lipinski definition) is 2. The maximum atomic E-state index is 11.0. The molecular weight excluding hydrogens is 190 g/mol. The van der Waals surface area contributed by atoms with E-state index in [-0.39, 0.29) is 16.2 Å². The molecular formula is C8H11NO3S. The van der Waals surface area contributed by atoms with Crippen LogP contribution in [0.1, 0.15) is 11.1 Å². The van der Waals surface area contributed by atoms with Gasteiger partial charge in [0.2, 0.25) is 10.0 Å². The summed E-state index contributed by atoms with van der Waals surface area (Å²) >= 11 is 0. The molecule has 0 aliphatic heterocycles. The number of aromatic hydroxyl groups is 1. The molecule has 0 bridgehead atoms. The number of phenolic OH excluding ortho intramolecular Hbond substituents is 1. The van der Waals surface area contributed by atoms with Crippen molar-refractivity contribution in [1.29, 1.82) is 0 Å². The summed E-state index contributed by atoms with van der Waals surface area (Å²) in [6, 6.07) is 2.92.